The molecule has 0 aliphatic heterocycles. The van der Waals surface area contributed by atoms with E-state index in [0.717, 1.165) is 22.6 Å². The monoisotopic (exact) mass is 228 g/mol. The van der Waals surface area contributed by atoms with Crippen LogP contribution in [0.15, 0.2) is 42.6 Å². The molecule has 2 rings (SSSR count). The van der Waals surface area contributed by atoms with Crippen molar-refractivity contribution in [2.24, 2.45) is 5.73 Å². The van der Waals surface area contributed by atoms with Crippen molar-refractivity contribution in [2.75, 3.05) is 0 Å². The largest absolute Gasteiger partial charge is 0.487 e. The number of hydrogen-bond donors (Lipinski definition) is 1. The number of nitrogens with zero attached hydrogens (tertiary/aromatic N) is 1. The van der Waals surface area contributed by atoms with Gasteiger partial charge in [-0.05, 0) is 30.2 Å². The van der Waals surface area contributed by atoms with Crippen LogP contribution in [0.4, 0.5) is 0 Å². The Labute approximate surface area is 101 Å². The van der Waals surface area contributed by atoms with Crippen molar-refractivity contribution in [3.63, 3.8) is 0 Å². The third-order valence-corrected chi connectivity index (χ3v) is 2.59. The van der Waals surface area contributed by atoms with Crippen molar-refractivity contribution in [2.45, 2.75) is 20.1 Å². The summed E-state index contributed by atoms with van der Waals surface area (Å²) in [5.41, 5.74) is 8.58. The molecule has 0 amide bonds. The van der Waals surface area contributed by atoms with Gasteiger partial charge >= 0.3 is 0 Å². The Bertz CT molecular complexity index is 480. The van der Waals surface area contributed by atoms with Crippen molar-refractivity contribution in [1.29, 1.82) is 0 Å². The van der Waals surface area contributed by atoms with Gasteiger partial charge in [0.2, 0.25) is 0 Å². The van der Waals surface area contributed by atoms with Crippen LogP contribution in [0.5, 0.6) is 5.75 Å². The Morgan fingerprint density at radius 1 is 1.18 bits per heavy atom. The second-order valence-corrected chi connectivity index (χ2v) is 3.92. The smallest absolute Gasteiger partial charge is 0.130 e. The molecule has 0 bridgehead atoms. The normalized spacial score (nSPS) is 10.2. The van der Waals surface area contributed by atoms with E-state index >= 15 is 0 Å². The van der Waals surface area contributed by atoms with Crippen molar-refractivity contribution in [3.05, 3.63) is 59.4 Å². The standard InChI is InChI=1S/C14H16N2O/c1-11-4-2-3-5-14(11)17-10-13-7-6-12(8-15)9-16-13/h2-7,9H,8,10,15H2,1H3. The van der Waals surface area contributed by atoms with Crippen LogP contribution in [0.25, 0.3) is 0 Å². The number of para-hydroxylation sites is 1. The maximum atomic E-state index is 5.70. The molecule has 17 heavy (non-hydrogen) atoms. The number of hydrogen-bond acceptors (Lipinski definition) is 3. The average molecular weight is 228 g/mol. The van der Waals surface area contributed by atoms with E-state index in [4.69, 9.17) is 10.5 Å². The minimum Gasteiger partial charge on any atom is -0.487 e. The van der Waals surface area contributed by atoms with Gasteiger partial charge in [0.15, 0.2) is 0 Å². The van der Waals surface area contributed by atoms with Crippen molar-refractivity contribution < 1.29 is 4.74 Å². The lowest BCUT2D eigenvalue weighted by Gasteiger charge is -2.08. The molecule has 0 aliphatic carbocycles. The maximum absolute atomic E-state index is 5.70. The van der Waals surface area contributed by atoms with Crippen molar-refractivity contribution in [3.8, 4) is 5.75 Å². The zero-order chi connectivity index (χ0) is 12.1. The van der Waals surface area contributed by atoms with E-state index < -0.39 is 0 Å². The molecule has 0 aliphatic rings. The van der Waals surface area contributed by atoms with E-state index in [-0.39, 0.29) is 0 Å². The van der Waals surface area contributed by atoms with E-state index in [1.54, 1.807) is 6.20 Å². The summed E-state index contributed by atoms with van der Waals surface area (Å²) in [6.07, 6.45) is 1.79. The Hall–Kier alpha value is -1.87. The highest BCUT2D eigenvalue weighted by Gasteiger charge is 2.00. The Kier molecular flexibility index (Phi) is 3.73. The number of rotatable bonds is 4. The van der Waals surface area contributed by atoms with E-state index in [0.29, 0.717) is 13.2 Å². The first-order valence-electron chi connectivity index (χ1n) is 5.62. The zero-order valence-corrected chi connectivity index (χ0v) is 9.89. The molecular formula is C14H16N2O. The summed E-state index contributed by atoms with van der Waals surface area (Å²) in [5, 5.41) is 0. The highest BCUT2D eigenvalue weighted by atomic mass is 16.5. The summed E-state index contributed by atoms with van der Waals surface area (Å²) >= 11 is 0. The SMILES string of the molecule is Cc1ccccc1OCc1ccc(CN)cn1. The van der Waals surface area contributed by atoms with Crippen LogP contribution in [0.2, 0.25) is 0 Å². The van der Waals surface area contributed by atoms with Gasteiger partial charge in [0, 0.05) is 12.7 Å². The summed E-state index contributed by atoms with van der Waals surface area (Å²) in [6, 6.07) is 11.9. The van der Waals surface area contributed by atoms with Crippen molar-refractivity contribution in [1.82, 2.24) is 4.98 Å². The molecule has 88 valence electrons. The van der Waals surface area contributed by atoms with Crippen LogP contribution < -0.4 is 10.5 Å². The number of aryl methyl sites for hydroxylation is 1. The Morgan fingerprint density at radius 3 is 2.65 bits per heavy atom. The molecule has 1 aromatic carbocycles. The number of ether oxygens (including phenoxy) is 1. The minimum absolute atomic E-state index is 0.482. The second-order valence-electron chi connectivity index (χ2n) is 3.92. The lowest BCUT2D eigenvalue weighted by Crippen LogP contribution is -2.01. The molecule has 3 nitrogen and oxygen atoms in total. The van der Waals surface area contributed by atoms with Gasteiger partial charge in [0.1, 0.15) is 12.4 Å². The van der Waals surface area contributed by atoms with Crippen LogP contribution in [-0.4, -0.2) is 4.98 Å². The molecular weight excluding hydrogens is 212 g/mol. The summed E-state index contributed by atoms with van der Waals surface area (Å²) in [6.45, 7) is 3.03. The van der Waals surface area contributed by atoms with Gasteiger partial charge in [-0.2, -0.15) is 0 Å². The highest BCUT2D eigenvalue weighted by molar-refractivity contribution is 5.31. The number of aromatic nitrogens is 1. The van der Waals surface area contributed by atoms with E-state index in [1.807, 2.05) is 43.3 Å². The van der Waals surface area contributed by atoms with Gasteiger partial charge < -0.3 is 10.5 Å². The lowest BCUT2D eigenvalue weighted by atomic mass is 10.2. The first kappa shape index (κ1) is 11.6. The summed E-state index contributed by atoms with van der Waals surface area (Å²) in [7, 11) is 0. The van der Waals surface area contributed by atoms with Crippen LogP contribution in [0.3, 0.4) is 0 Å². The van der Waals surface area contributed by atoms with Crippen LogP contribution in [-0.2, 0) is 13.2 Å². The molecule has 0 atom stereocenters. The molecule has 0 unspecified atom stereocenters. The number of nitrogens with two attached hydrogens (primary N) is 1. The molecule has 2 N–H and O–H groups in total. The third kappa shape index (κ3) is 3.04. The molecule has 1 aromatic heterocycles. The predicted octanol–water partition coefficient (Wildman–Crippen LogP) is 2.43. The summed E-state index contributed by atoms with van der Waals surface area (Å²) in [4.78, 5) is 4.29. The van der Waals surface area contributed by atoms with Crippen molar-refractivity contribution >= 4 is 0 Å². The van der Waals surface area contributed by atoms with E-state index in [9.17, 15) is 0 Å². The van der Waals surface area contributed by atoms with Gasteiger partial charge in [-0.25, -0.2) is 0 Å². The van der Waals surface area contributed by atoms with Gasteiger partial charge in [0.05, 0.1) is 5.69 Å². The third-order valence-electron chi connectivity index (χ3n) is 2.59. The lowest BCUT2D eigenvalue weighted by molar-refractivity contribution is 0.299. The Morgan fingerprint density at radius 2 is 2.00 bits per heavy atom. The fourth-order valence-electron chi connectivity index (χ4n) is 1.53. The van der Waals surface area contributed by atoms with Crippen LogP contribution in [0.1, 0.15) is 16.8 Å². The molecule has 0 spiro atoms. The Balaban J connectivity index is 2.00. The first-order valence-corrected chi connectivity index (χ1v) is 5.62. The maximum Gasteiger partial charge on any atom is 0.130 e. The highest BCUT2D eigenvalue weighted by Crippen LogP contribution is 2.17. The van der Waals surface area contributed by atoms with Gasteiger partial charge in [-0.15, -0.1) is 0 Å². The van der Waals surface area contributed by atoms with Crippen LogP contribution in [0, 0.1) is 6.92 Å². The number of benzene rings is 1. The molecule has 1 heterocycles. The minimum atomic E-state index is 0.482. The average Bonchev–Trinajstić information content (AvgIpc) is 2.38. The predicted molar refractivity (Wildman–Crippen MR) is 67.6 cm³/mol. The fraction of sp³-hybridized carbons (Fsp3) is 0.214. The van der Waals surface area contributed by atoms with E-state index in [1.165, 1.54) is 0 Å². The summed E-state index contributed by atoms with van der Waals surface area (Å²) in [5.74, 6) is 0.900. The summed E-state index contributed by atoms with van der Waals surface area (Å²) < 4.78 is 5.70. The number of pyridine rings is 1. The molecule has 3 heteroatoms. The topological polar surface area (TPSA) is 48.1 Å². The molecule has 2 aromatic rings. The quantitative estimate of drug-likeness (QED) is 0.874. The second kappa shape index (κ2) is 5.46. The molecule has 0 radical (unpaired) electrons. The van der Waals surface area contributed by atoms with E-state index in [2.05, 4.69) is 4.98 Å². The molecule has 0 saturated carbocycles. The molecule has 0 fully saturated rings. The van der Waals surface area contributed by atoms with Crippen LogP contribution >= 0.6 is 0 Å². The van der Waals surface area contributed by atoms with Gasteiger partial charge in [0.25, 0.3) is 0 Å². The molecule has 0 saturated heterocycles. The van der Waals surface area contributed by atoms with Gasteiger partial charge in [-0.1, -0.05) is 24.3 Å². The fourth-order valence-corrected chi connectivity index (χ4v) is 1.53. The first-order chi connectivity index (χ1) is 8.29. The van der Waals surface area contributed by atoms with Gasteiger partial charge in [-0.3, -0.25) is 4.98 Å². The zero-order valence-electron chi connectivity index (χ0n) is 9.89.